The van der Waals surface area contributed by atoms with E-state index >= 15 is 0 Å². The molecule has 3 heteroatoms. The van der Waals surface area contributed by atoms with Crippen LogP contribution in [-0.4, -0.2) is 25.2 Å². The molecule has 0 atom stereocenters. The van der Waals surface area contributed by atoms with E-state index in [0.29, 0.717) is 19.3 Å². The molecule has 0 aromatic heterocycles. The molecule has 0 spiro atoms. The lowest BCUT2D eigenvalue weighted by molar-refractivity contribution is -0.138. The van der Waals surface area contributed by atoms with Crippen molar-refractivity contribution in [3.63, 3.8) is 0 Å². The molecule has 0 aromatic carbocycles. The fourth-order valence-electron chi connectivity index (χ4n) is 0.934. The molecule has 2 fully saturated rings. The molecule has 56 valence electrons. The molecule has 1 saturated carbocycles. The minimum atomic E-state index is 0.153. The summed E-state index contributed by atoms with van der Waals surface area (Å²) < 4.78 is 4.90. The lowest BCUT2D eigenvalue weighted by Crippen LogP contribution is -2.42. The van der Waals surface area contributed by atoms with Crippen molar-refractivity contribution in [3.05, 3.63) is 0 Å². The molecule has 1 aliphatic heterocycles. The van der Waals surface area contributed by atoms with E-state index in [9.17, 15) is 4.79 Å². The maximum atomic E-state index is 11.1. The van der Waals surface area contributed by atoms with Crippen molar-refractivity contribution < 1.29 is 9.53 Å². The van der Waals surface area contributed by atoms with E-state index in [2.05, 4.69) is 5.32 Å². The summed E-state index contributed by atoms with van der Waals surface area (Å²) in [4.78, 5) is 11.1. The lowest BCUT2D eigenvalue weighted by Gasteiger charge is -2.24. The van der Waals surface area contributed by atoms with Crippen LogP contribution in [0.15, 0.2) is 0 Å². The fraction of sp³-hybridized carbons (Fsp3) is 0.857. The average molecular weight is 141 g/mol. The molecular weight excluding hydrogens is 130 g/mol. The molecule has 2 rings (SSSR count). The molecule has 1 N–H and O–H groups in total. The highest BCUT2D eigenvalue weighted by atomic mass is 16.5. The van der Waals surface area contributed by atoms with Gasteiger partial charge in [0.25, 0.3) is 0 Å². The molecule has 1 heterocycles. The summed E-state index contributed by atoms with van der Waals surface area (Å²) in [6.45, 7) is 1.25. The molecule has 2 aliphatic rings. The highest BCUT2D eigenvalue weighted by Crippen LogP contribution is 2.20. The van der Waals surface area contributed by atoms with Gasteiger partial charge < -0.3 is 10.1 Å². The van der Waals surface area contributed by atoms with Gasteiger partial charge in [0.1, 0.15) is 0 Å². The maximum Gasteiger partial charge on any atom is 0.228 e. The Labute approximate surface area is 59.7 Å². The lowest BCUT2D eigenvalue weighted by atomic mass is 10.1. The maximum absolute atomic E-state index is 11.1. The molecule has 0 aromatic rings. The summed E-state index contributed by atoms with van der Waals surface area (Å²) in [5.41, 5.74) is 0. The van der Waals surface area contributed by atoms with E-state index in [1.165, 1.54) is 12.8 Å². The van der Waals surface area contributed by atoms with Crippen molar-refractivity contribution in [1.82, 2.24) is 5.32 Å². The molecule has 0 bridgehead atoms. The van der Waals surface area contributed by atoms with Gasteiger partial charge in [-0.2, -0.15) is 0 Å². The summed E-state index contributed by atoms with van der Waals surface area (Å²) in [5, 5.41) is 2.94. The Kier molecular flexibility index (Phi) is 1.38. The number of ether oxygens (including phenoxy) is 1. The summed E-state index contributed by atoms with van der Waals surface area (Å²) in [5.74, 6) is 0.342. The van der Waals surface area contributed by atoms with E-state index in [-0.39, 0.29) is 11.8 Å². The Morgan fingerprint density at radius 3 is 2.50 bits per heavy atom. The molecule has 0 radical (unpaired) electrons. The fourth-order valence-corrected chi connectivity index (χ4v) is 0.934. The Bertz CT molecular complexity index is 150. The minimum Gasteiger partial charge on any atom is -0.380 e. The van der Waals surface area contributed by atoms with Gasteiger partial charge in [-0.25, -0.2) is 0 Å². The van der Waals surface area contributed by atoms with E-state index in [0.717, 1.165) is 0 Å². The average Bonchev–Trinajstić information content (AvgIpc) is 2.43. The van der Waals surface area contributed by atoms with Gasteiger partial charge in [0.05, 0.1) is 19.1 Å². The van der Waals surface area contributed by atoms with Crippen LogP contribution in [-0.2, 0) is 9.53 Å². The van der Waals surface area contributed by atoms with Crippen LogP contribution >= 0.6 is 0 Å². The molecule has 1 amide bonds. The van der Waals surface area contributed by atoms with Crippen molar-refractivity contribution in [2.45, 2.75) is 18.9 Å². The second-order valence-electron chi connectivity index (χ2n) is 3.02. The summed E-state index contributed by atoms with van der Waals surface area (Å²) in [6.07, 6.45) is 2.33. The van der Waals surface area contributed by atoms with E-state index in [4.69, 9.17) is 4.74 Å². The third-order valence-corrected chi connectivity index (χ3v) is 1.93. The van der Waals surface area contributed by atoms with Gasteiger partial charge >= 0.3 is 0 Å². The quantitative estimate of drug-likeness (QED) is 0.583. The molecule has 3 nitrogen and oxygen atoms in total. The van der Waals surface area contributed by atoms with Crippen LogP contribution in [0.5, 0.6) is 0 Å². The SMILES string of the molecule is O=C(NC1CC1)C1COC1. The Morgan fingerprint density at radius 2 is 2.10 bits per heavy atom. The largest absolute Gasteiger partial charge is 0.380 e. The predicted molar refractivity (Wildman–Crippen MR) is 35.5 cm³/mol. The highest BCUT2D eigenvalue weighted by Gasteiger charge is 2.31. The molecule has 1 saturated heterocycles. The van der Waals surface area contributed by atoms with Gasteiger partial charge in [0.15, 0.2) is 0 Å². The number of hydrogen-bond acceptors (Lipinski definition) is 2. The van der Waals surface area contributed by atoms with Crippen LogP contribution in [0.3, 0.4) is 0 Å². The van der Waals surface area contributed by atoms with Crippen LogP contribution in [0.4, 0.5) is 0 Å². The van der Waals surface area contributed by atoms with Gasteiger partial charge in [0, 0.05) is 6.04 Å². The summed E-state index contributed by atoms with van der Waals surface area (Å²) in [6, 6.07) is 0.494. The first-order valence-electron chi connectivity index (χ1n) is 3.74. The van der Waals surface area contributed by atoms with Crippen molar-refractivity contribution in [3.8, 4) is 0 Å². The Morgan fingerprint density at radius 1 is 1.40 bits per heavy atom. The van der Waals surface area contributed by atoms with Crippen LogP contribution < -0.4 is 5.32 Å². The third kappa shape index (κ3) is 1.14. The molecule has 0 unspecified atom stereocenters. The van der Waals surface area contributed by atoms with Crippen molar-refractivity contribution >= 4 is 5.91 Å². The van der Waals surface area contributed by atoms with E-state index in [1.54, 1.807) is 0 Å². The second kappa shape index (κ2) is 2.23. The standard InChI is InChI=1S/C7H11NO2/c9-7(5-3-10-4-5)8-6-1-2-6/h5-6H,1-4H2,(H,8,9). The van der Waals surface area contributed by atoms with Crippen LogP contribution in [0.25, 0.3) is 0 Å². The molecule has 1 aliphatic carbocycles. The summed E-state index contributed by atoms with van der Waals surface area (Å²) in [7, 11) is 0. The van der Waals surface area contributed by atoms with Gasteiger partial charge in [-0.05, 0) is 12.8 Å². The van der Waals surface area contributed by atoms with Gasteiger partial charge in [-0.1, -0.05) is 0 Å². The van der Waals surface area contributed by atoms with Crippen LogP contribution in [0, 0.1) is 5.92 Å². The van der Waals surface area contributed by atoms with Crippen LogP contribution in [0.2, 0.25) is 0 Å². The first-order chi connectivity index (χ1) is 4.86. The Hall–Kier alpha value is -0.570. The number of nitrogens with one attached hydrogen (secondary N) is 1. The van der Waals surface area contributed by atoms with Crippen LogP contribution in [0.1, 0.15) is 12.8 Å². The van der Waals surface area contributed by atoms with Gasteiger partial charge in [-0.3, -0.25) is 4.79 Å². The normalized spacial score (nSPS) is 25.6. The van der Waals surface area contributed by atoms with E-state index in [1.807, 2.05) is 0 Å². The molecule has 10 heavy (non-hydrogen) atoms. The topological polar surface area (TPSA) is 38.3 Å². The Balaban J connectivity index is 1.74. The van der Waals surface area contributed by atoms with Gasteiger partial charge in [0.2, 0.25) is 5.91 Å². The van der Waals surface area contributed by atoms with Crippen molar-refractivity contribution in [1.29, 1.82) is 0 Å². The van der Waals surface area contributed by atoms with Crippen molar-refractivity contribution in [2.75, 3.05) is 13.2 Å². The number of carbonyl (C=O) groups excluding carboxylic acids is 1. The predicted octanol–water partition coefficient (Wildman–Crippen LogP) is -0.0886. The first-order valence-corrected chi connectivity index (χ1v) is 3.74. The zero-order chi connectivity index (χ0) is 6.97. The first kappa shape index (κ1) is 6.16. The van der Waals surface area contributed by atoms with Crippen molar-refractivity contribution in [2.24, 2.45) is 5.92 Å². The summed E-state index contributed by atoms with van der Waals surface area (Å²) >= 11 is 0. The zero-order valence-electron chi connectivity index (χ0n) is 5.80. The minimum absolute atomic E-state index is 0.153. The van der Waals surface area contributed by atoms with E-state index < -0.39 is 0 Å². The molecular formula is C7H11NO2. The second-order valence-corrected chi connectivity index (χ2v) is 3.02. The zero-order valence-corrected chi connectivity index (χ0v) is 5.80. The number of rotatable bonds is 2. The highest BCUT2D eigenvalue weighted by molar-refractivity contribution is 5.80. The number of hydrogen-bond donors (Lipinski definition) is 1. The smallest absolute Gasteiger partial charge is 0.228 e. The monoisotopic (exact) mass is 141 g/mol. The third-order valence-electron chi connectivity index (χ3n) is 1.93. The number of amides is 1. The number of carbonyl (C=O) groups is 1. The van der Waals surface area contributed by atoms with Gasteiger partial charge in [-0.15, -0.1) is 0 Å².